The van der Waals surface area contributed by atoms with Gasteiger partial charge in [0.1, 0.15) is 5.52 Å². The van der Waals surface area contributed by atoms with Crippen LogP contribution in [0.1, 0.15) is 18.5 Å². The Morgan fingerprint density at radius 3 is 2.70 bits per heavy atom. The Kier molecular flexibility index (Phi) is 3.54. The number of nitrogens with zero attached hydrogens (tertiary/aromatic N) is 4. The molecule has 4 nitrogen and oxygen atoms in total. The summed E-state index contributed by atoms with van der Waals surface area (Å²) in [5.41, 5.74) is 2.29. The summed E-state index contributed by atoms with van der Waals surface area (Å²) >= 11 is 18.0. The van der Waals surface area contributed by atoms with Crippen molar-refractivity contribution in [2.75, 3.05) is 0 Å². The third kappa shape index (κ3) is 2.35. The summed E-state index contributed by atoms with van der Waals surface area (Å²) in [5, 5.41) is 1.40. The first-order chi connectivity index (χ1) is 9.56. The Balaban J connectivity index is 2.12. The molecule has 0 N–H and O–H groups in total. The second-order valence-electron chi connectivity index (χ2n) is 4.34. The Morgan fingerprint density at radius 2 is 1.95 bits per heavy atom. The molecule has 3 rings (SSSR count). The Morgan fingerprint density at radius 1 is 1.15 bits per heavy atom. The number of rotatable bonds is 2. The Hall–Kier alpha value is -1.36. The van der Waals surface area contributed by atoms with E-state index in [0.29, 0.717) is 21.2 Å². The summed E-state index contributed by atoms with van der Waals surface area (Å²) in [6.07, 6.45) is 3.29. The van der Waals surface area contributed by atoms with Gasteiger partial charge in [0, 0.05) is 10.0 Å². The van der Waals surface area contributed by atoms with E-state index in [1.807, 2.05) is 17.6 Å². The molecule has 0 aliphatic heterocycles. The molecule has 0 saturated heterocycles. The van der Waals surface area contributed by atoms with Gasteiger partial charge in [0.15, 0.2) is 5.65 Å². The molecule has 0 spiro atoms. The lowest BCUT2D eigenvalue weighted by molar-refractivity contribution is 0.652. The number of hydrogen-bond donors (Lipinski definition) is 0. The van der Waals surface area contributed by atoms with Crippen molar-refractivity contribution in [3.63, 3.8) is 0 Å². The predicted octanol–water partition coefficient (Wildman–Crippen LogP) is 4.40. The van der Waals surface area contributed by atoms with Crippen molar-refractivity contribution >= 4 is 46.0 Å². The summed E-state index contributed by atoms with van der Waals surface area (Å²) in [6, 6.07) is 5.37. The van der Waals surface area contributed by atoms with Crippen molar-refractivity contribution in [3.05, 3.63) is 51.6 Å². The molecule has 20 heavy (non-hydrogen) atoms. The van der Waals surface area contributed by atoms with E-state index in [0.717, 1.165) is 5.56 Å². The van der Waals surface area contributed by atoms with Gasteiger partial charge in [0.2, 0.25) is 5.28 Å². The van der Waals surface area contributed by atoms with Gasteiger partial charge in [0.05, 0.1) is 18.6 Å². The van der Waals surface area contributed by atoms with Crippen LogP contribution in [0.25, 0.3) is 11.2 Å². The molecular weight excluding hydrogens is 319 g/mol. The zero-order chi connectivity index (χ0) is 14.3. The number of halogens is 3. The van der Waals surface area contributed by atoms with Gasteiger partial charge in [-0.1, -0.05) is 29.3 Å². The van der Waals surface area contributed by atoms with Gasteiger partial charge < -0.3 is 4.57 Å². The predicted molar refractivity (Wildman–Crippen MR) is 80.6 cm³/mol. The largest absolute Gasteiger partial charge is 0.308 e. The molecule has 0 aliphatic rings. The third-order valence-electron chi connectivity index (χ3n) is 3.12. The molecule has 1 atom stereocenters. The molecule has 0 fully saturated rings. The summed E-state index contributed by atoms with van der Waals surface area (Å²) in [4.78, 5) is 12.4. The maximum atomic E-state index is 6.25. The average Bonchev–Trinajstić information content (AvgIpc) is 2.81. The van der Waals surface area contributed by atoms with E-state index in [-0.39, 0.29) is 11.3 Å². The van der Waals surface area contributed by atoms with Crippen LogP contribution < -0.4 is 0 Å². The number of fused-ring (bicyclic) bond motifs is 1. The number of imidazole rings is 1. The highest BCUT2D eigenvalue weighted by molar-refractivity contribution is 6.35. The van der Waals surface area contributed by atoms with Crippen LogP contribution >= 0.6 is 34.8 Å². The minimum absolute atomic E-state index is 0.0456. The monoisotopic (exact) mass is 326 g/mol. The molecule has 2 aromatic heterocycles. The fraction of sp³-hybridized carbons (Fsp3) is 0.154. The van der Waals surface area contributed by atoms with Gasteiger partial charge in [-0.25, -0.2) is 9.97 Å². The van der Waals surface area contributed by atoms with Crippen LogP contribution in [0, 0.1) is 0 Å². The van der Waals surface area contributed by atoms with Gasteiger partial charge in [-0.3, -0.25) is 0 Å². The van der Waals surface area contributed by atoms with Gasteiger partial charge in [-0.2, -0.15) is 4.98 Å². The van der Waals surface area contributed by atoms with Crippen molar-refractivity contribution < 1.29 is 0 Å². The molecule has 0 unspecified atom stereocenters. The fourth-order valence-corrected chi connectivity index (χ4v) is 2.77. The SMILES string of the molecule is C[C@H](c1ccc(Cl)cc1Cl)n1cnc2cnc(Cl)nc21. The van der Waals surface area contributed by atoms with Gasteiger partial charge in [-0.05, 0) is 36.2 Å². The quantitative estimate of drug-likeness (QED) is 0.655. The van der Waals surface area contributed by atoms with E-state index in [9.17, 15) is 0 Å². The van der Waals surface area contributed by atoms with Crippen LogP contribution in [0.2, 0.25) is 15.3 Å². The Bertz CT molecular complexity index is 784. The summed E-state index contributed by atoms with van der Waals surface area (Å²) in [6.45, 7) is 2.01. The van der Waals surface area contributed by atoms with Crippen molar-refractivity contribution in [2.24, 2.45) is 0 Å². The lowest BCUT2D eigenvalue weighted by Gasteiger charge is -2.16. The second kappa shape index (κ2) is 5.20. The molecule has 102 valence electrons. The molecule has 0 bridgehead atoms. The lowest BCUT2D eigenvalue weighted by Crippen LogP contribution is -2.07. The van der Waals surface area contributed by atoms with E-state index in [4.69, 9.17) is 34.8 Å². The Labute approximate surface area is 130 Å². The fourth-order valence-electron chi connectivity index (χ4n) is 2.08. The zero-order valence-corrected chi connectivity index (χ0v) is 12.7. The average molecular weight is 328 g/mol. The van der Waals surface area contributed by atoms with Crippen molar-refractivity contribution in [1.82, 2.24) is 19.5 Å². The van der Waals surface area contributed by atoms with Gasteiger partial charge >= 0.3 is 0 Å². The van der Waals surface area contributed by atoms with Crippen LogP contribution in [0.3, 0.4) is 0 Å². The second-order valence-corrected chi connectivity index (χ2v) is 5.52. The molecule has 0 saturated carbocycles. The highest BCUT2D eigenvalue weighted by atomic mass is 35.5. The molecule has 3 aromatic rings. The van der Waals surface area contributed by atoms with Crippen LogP contribution in [-0.4, -0.2) is 19.5 Å². The molecule has 1 aromatic carbocycles. The maximum absolute atomic E-state index is 6.25. The smallest absolute Gasteiger partial charge is 0.224 e. The third-order valence-corrected chi connectivity index (χ3v) is 3.86. The summed E-state index contributed by atoms with van der Waals surface area (Å²) in [7, 11) is 0. The van der Waals surface area contributed by atoms with E-state index < -0.39 is 0 Å². The summed E-state index contributed by atoms with van der Waals surface area (Å²) < 4.78 is 1.90. The summed E-state index contributed by atoms with van der Waals surface area (Å²) in [5.74, 6) is 0. The van der Waals surface area contributed by atoms with E-state index in [1.54, 1.807) is 24.7 Å². The zero-order valence-electron chi connectivity index (χ0n) is 10.4. The molecular formula is C13H9Cl3N4. The maximum Gasteiger partial charge on any atom is 0.224 e. The number of aromatic nitrogens is 4. The van der Waals surface area contributed by atoms with Crippen molar-refractivity contribution in [3.8, 4) is 0 Å². The van der Waals surface area contributed by atoms with E-state index >= 15 is 0 Å². The molecule has 7 heteroatoms. The first-order valence-corrected chi connectivity index (χ1v) is 6.99. The highest BCUT2D eigenvalue weighted by Gasteiger charge is 2.16. The van der Waals surface area contributed by atoms with Crippen LogP contribution in [0.5, 0.6) is 0 Å². The molecule has 2 heterocycles. The van der Waals surface area contributed by atoms with Crippen LogP contribution in [0.4, 0.5) is 0 Å². The van der Waals surface area contributed by atoms with E-state index in [1.165, 1.54) is 0 Å². The minimum atomic E-state index is -0.0456. The molecule has 0 aliphatic carbocycles. The van der Waals surface area contributed by atoms with Crippen LogP contribution in [-0.2, 0) is 0 Å². The number of hydrogen-bond acceptors (Lipinski definition) is 3. The molecule has 0 radical (unpaired) electrons. The molecule has 0 amide bonds. The van der Waals surface area contributed by atoms with Gasteiger partial charge in [0.25, 0.3) is 0 Å². The first-order valence-electron chi connectivity index (χ1n) is 5.86. The van der Waals surface area contributed by atoms with Crippen LogP contribution in [0.15, 0.2) is 30.7 Å². The standard InChI is InChI=1S/C13H9Cl3N4/c1-7(9-3-2-8(14)4-10(9)15)20-6-18-11-5-17-13(16)19-12(11)20/h2-7H,1H3/t7-/m1/s1. The lowest BCUT2D eigenvalue weighted by atomic mass is 10.1. The van der Waals surface area contributed by atoms with E-state index in [2.05, 4.69) is 15.0 Å². The topological polar surface area (TPSA) is 43.6 Å². The first kappa shape index (κ1) is 13.6. The minimum Gasteiger partial charge on any atom is -0.308 e. The number of benzene rings is 1. The van der Waals surface area contributed by atoms with Crippen molar-refractivity contribution in [2.45, 2.75) is 13.0 Å². The van der Waals surface area contributed by atoms with Crippen molar-refractivity contribution in [1.29, 1.82) is 0 Å². The highest BCUT2D eigenvalue weighted by Crippen LogP contribution is 2.30. The van der Waals surface area contributed by atoms with Gasteiger partial charge in [-0.15, -0.1) is 0 Å². The normalized spacial score (nSPS) is 12.8.